The van der Waals surface area contributed by atoms with Crippen LogP contribution in [0.3, 0.4) is 0 Å². The van der Waals surface area contributed by atoms with Crippen LogP contribution in [-0.4, -0.2) is 50.3 Å². The van der Waals surface area contributed by atoms with Crippen LogP contribution >= 0.6 is 0 Å². The van der Waals surface area contributed by atoms with Crippen molar-refractivity contribution >= 4 is 11.8 Å². The molecule has 2 aliphatic heterocycles. The molecule has 2 heterocycles. The number of nitrogens with one attached hydrogen (secondary N) is 2. The summed E-state index contributed by atoms with van der Waals surface area (Å²) >= 11 is 0. The quantitative estimate of drug-likeness (QED) is 0.692. The highest BCUT2D eigenvalue weighted by molar-refractivity contribution is 5.78. The van der Waals surface area contributed by atoms with Crippen molar-refractivity contribution in [2.45, 2.75) is 45.8 Å². The van der Waals surface area contributed by atoms with Crippen LogP contribution in [0.5, 0.6) is 0 Å². The van der Waals surface area contributed by atoms with Gasteiger partial charge in [-0.15, -0.1) is 0 Å². The normalized spacial score (nSPS) is 26.0. The molecule has 0 bridgehead atoms. The highest BCUT2D eigenvalue weighted by Gasteiger charge is 2.33. The van der Waals surface area contributed by atoms with Gasteiger partial charge in [-0.2, -0.15) is 0 Å². The fraction of sp³-hybridized carbons (Fsp3) is 0.875. The molecule has 2 N–H and O–H groups in total. The third-order valence-corrected chi connectivity index (χ3v) is 4.28. The van der Waals surface area contributed by atoms with E-state index in [4.69, 9.17) is 9.47 Å². The van der Waals surface area contributed by atoms with E-state index >= 15 is 0 Å². The minimum Gasteiger partial charge on any atom is -0.381 e. The molecule has 3 atom stereocenters. The van der Waals surface area contributed by atoms with Crippen LogP contribution in [0.25, 0.3) is 0 Å². The van der Waals surface area contributed by atoms with E-state index in [0.717, 1.165) is 26.1 Å². The predicted molar refractivity (Wildman–Crippen MR) is 82.2 cm³/mol. The number of rotatable bonds is 8. The number of carbonyl (C=O) groups is 2. The maximum Gasteiger partial charge on any atom is 0.222 e. The lowest BCUT2D eigenvalue weighted by Crippen LogP contribution is -2.47. The Balaban J connectivity index is 1.54. The van der Waals surface area contributed by atoms with E-state index in [1.54, 1.807) is 0 Å². The molecular weight excluding hydrogens is 284 g/mol. The van der Waals surface area contributed by atoms with Gasteiger partial charge in [0.15, 0.2) is 0 Å². The smallest absolute Gasteiger partial charge is 0.222 e. The minimum absolute atomic E-state index is 0.000610. The van der Waals surface area contributed by atoms with Crippen molar-refractivity contribution in [1.29, 1.82) is 0 Å². The zero-order chi connectivity index (χ0) is 16.1. The van der Waals surface area contributed by atoms with E-state index in [9.17, 15) is 9.59 Å². The summed E-state index contributed by atoms with van der Waals surface area (Å²) in [7, 11) is 0. The Morgan fingerprint density at radius 2 is 1.68 bits per heavy atom. The molecule has 0 aliphatic carbocycles. The molecule has 126 valence electrons. The Labute approximate surface area is 132 Å². The molecule has 0 aromatic carbocycles. The maximum atomic E-state index is 12.0. The zero-order valence-electron chi connectivity index (χ0n) is 13.8. The molecule has 22 heavy (non-hydrogen) atoms. The van der Waals surface area contributed by atoms with Crippen molar-refractivity contribution in [3.63, 3.8) is 0 Å². The second kappa shape index (κ2) is 7.92. The van der Waals surface area contributed by atoms with Gasteiger partial charge in [-0.25, -0.2) is 0 Å². The van der Waals surface area contributed by atoms with E-state index in [-0.39, 0.29) is 35.9 Å². The highest BCUT2D eigenvalue weighted by Crippen LogP contribution is 2.26. The first-order valence-electron chi connectivity index (χ1n) is 8.24. The summed E-state index contributed by atoms with van der Waals surface area (Å²) in [6.45, 7) is 8.46. The molecule has 2 aliphatic rings. The molecule has 0 radical (unpaired) electrons. The third-order valence-electron chi connectivity index (χ3n) is 4.28. The molecule has 6 nitrogen and oxygen atoms in total. The van der Waals surface area contributed by atoms with Crippen LogP contribution in [0.1, 0.15) is 33.6 Å². The van der Waals surface area contributed by atoms with E-state index < -0.39 is 0 Å². The predicted octanol–water partition coefficient (Wildman–Crippen LogP) is 0.705. The molecule has 0 aromatic heterocycles. The topological polar surface area (TPSA) is 76.7 Å². The molecule has 2 saturated heterocycles. The lowest BCUT2D eigenvalue weighted by Gasteiger charge is -2.37. The Bertz CT molecular complexity index is 390. The average Bonchev–Trinajstić information content (AvgIpc) is 2.38. The number of carbonyl (C=O) groups excluding carboxylic acids is 2. The number of hydrogen-bond acceptors (Lipinski definition) is 4. The summed E-state index contributed by atoms with van der Waals surface area (Å²) in [5, 5.41) is 5.84. The van der Waals surface area contributed by atoms with Crippen LogP contribution < -0.4 is 10.6 Å². The van der Waals surface area contributed by atoms with Crippen molar-refractivity contribution in [1.82, 2.24) is 10.6 Å². The first-order valence-corrected chi connectivity index (χ1v) is 8.24. The van der Waals surface area contributed by atoms with Crippen molar-refractivity contribution in [3.8, 4) is 0 Å². The van der Waals surface area contributed by atoms with Crippen molar-refractivity contribution in [2.24, 2.45) is 17.8 Å². The standard InChI is InChI=1S/C16H28N2O4/c1-10(2)15(19)18-7-14-5-13(22-14)4-11(3)16(20)17-6-12-8-21-9-12/h10-14H,4-9H2,1-3H3,(H,17,20)(H,18,19). The molecule has 2 fully saturated rings. The average molecular weight is 312 g/mol. The molecule has 3 unspecified atom stereocenters. The fourth-order valence-corrected chi connectivity index (χ4v) is 2.58. The van der Waals surface area contributed by atoms with Crippen LogP contribution in [0.4, 0.5) is 0 Å². The molecule has 0 saturated carbocycles. The summed E-state index contributed by atoms with van der Waals surface area (Å²) in [4.78, 5) is 23.4. The maximum absolute atomic E-state index is 12.0. The Kier molecular flexibility index (Phi) is 6.20. The van der Waals surface area contributed by atoms with Crippen LogP contribution in [0, 0.1) is 17.8 Å². The van der Waals surface area contributed by atoms with E-state index in [0.29, 0.717) is 19.0 Å². The Morgan fingerprint density at radius 1 is 1.05 bits per heavy atom. The lowest BCUT2D eigenvalue weighted by molar-refractivity contribution is -0.144. The third kappa shape index (κ3) is 4.95. The number of amides is 2. The number of ether oxygens (including phenoxy) is 2. The summed E-state index contributed by atoms with van der Waals surface area (Å²) in [5.74, 6) is 0.578. The largest absolute Gasteiger partial charge is 0.381 e. The van der Waals surface area contributed by atoms with Crippen LogP contribution in [-0.2, 0) is 19.1 Å². The molecule has 0 aromatic rings. The summed E-state index contributed by atoms with van der Waals surface area (Å²) in [6.07, 6.45) is 1.87. The Morgan fingerprint density at radius 3 is 2.23 bits per heavy atom. The van der Waals surface area contributed by atoms with Gasteiger partial charge in [-0.1, -0.05) is 20.8 Å². The van der Waals surface area contributed by atoms with Crippen molar-refractivity contribution in [3.05, 3.63) is 0 Å². The first kappa shape index (κ1) is 17.2. The van der Waals surface area contributed by atoms with Gasteiger partial charge in [0.1, 0.15) is 0 Å². The summed E-state index contributed by atoms with van der Waals surface area (Å²) < 4.78 is 10.8. The van der Waals surface area contributed by atoms with Crippen molar-refractivity contribution in [2.75, 3.05) is 26.3 Å². The van der Waals surface area contributed by atoms with Gasteiger partial charge in [0.2, 0.25) is 11.8 Å². The second-order valence-corrected chi connectivity index (χ2v) is 6.80. The molecule has 6 heteroatoms. The van der Waals surface area contributed by atoms with E-state index in [1.165, 1.54) is 0 Å². The summed E-state index contributed by atoms with van der Waals surface area (Å²) in [6, 6.07) is 0. The molecular formula is C16H28N2O4. The van der Waals surface area contributed by atoms with Gasteiger partial charge in [0, 0.05) is 37.3 Å². The summed E-state index contributed by atoms with van der Waals surface area (Å²) in [5.41, 5.74) is 0. The van der Waals surface area contributed by atoms with Crippen molar-refractivity contribution < 1.29 is 19.1 Å². The number of hydrogen-bond donors (Lipinski definition) is 2. The molecule has 0 spiro atoms. The van der Waals surface area contributed by atoms with Crippen LogP contribution in [0.2, 0.25) is 0 Å². The molecule has 2 amide bonds. The van der Waals surface area contributed by atoms with Gasteiger partial charge < -0.3 is 20.1 Å². The Hall–Kier alpha value is -1.14. The van der Waals surface area contributed by atoms with E-state index in [2.05, 4.69) is 10.6 Å². The van der Waals surface area contributed by atoms with Gasteiger partial charge in [-0.05, 0) is 6.42 Å². The minimum atomic E-state index is -0.0443. The van der Waals surface area contributed by atoms with E-state index in [1.807, 2.05) is 20.8 Å². The monoisotopic (exact) mass is 312 g/mol. The van der Waals surface area contributed by atoms with Gasteiger partial charge in [-0.3, -0.25) is 9.59 Å². The van der Waals surface area contributed by atoms with Gasteiger partial charge in [0.25, 0.3) is 0 Å². The lowest BCUT2D eigenvalue weighted by atomic mass is 9.94. The van der Waals surface area contributed by atoms with Crippen LogP contribution in [0.15, 0.2) is 0 Å². The molecule has 2 rings (SSSR count). The fourth-order valence-electron chi connectivity index (χ4n) is 2.58. The van der Waals surface area contributed by atoms with Gasteiger partial charge >= 0.3 is 0 Å². The van der Waals surface area contributed by atoms with Gasteiger partial charge in [0.05, 0.1) is 25.4 Å². The first-order chi connectivity index (χ1) is 10.5. The zero-order valence-corrected chi connectivity index (χ0v) is 13.8. The SMILES string of the molecule is CC(C)C(=O)NCC1CC(CC(C)C(=O)NCC2COC2)O1. The highest BCUT2D eigenvalue weighted by atomic mass is 16.5. The second-order valence-electron chi connectivity index (χ2n) is 6.80.